The molecule has 0 radical (unpaired) electrons. The minimum Gasteiger partial charge on any atom is -0.444 e. The number of hydrogen-bond acceptors (Lipinski definition) is 4. The van der Waals surface area contributed by atoms with Crippen molar-refractivity contribution < 1.29 is 14.3 Å². The number of likely N-dealkylation sites (tertiary alicyclic amines) is 1. The average Bonchev–Trinajstić information content (AvgIpc) is 2.42. The molecule has 1 heterocycles. The lowest BCUT2D eigenvalue weighted by Crippen LogP contribution is -2.59. The molecule has 0 bridgehead atoms. The van der Waals surface area contributed by atoms with Crippen molar-refractivity contribution in [1.29, 1.82) is 5.26 Å². The number of nitrogens with zero attached hydrogens (tertiary/aromatic N) is 2. The van der Waals surface area contributed by atoms with Crippen molar-refractivity contribution in [2.24, 2.45) is 0 Å². The quantitative estimate of drug-likeness (QED) is 0.927. The van der Waals surface area contributed by atoms with Crippen molar-refractivity contribution in [3.05, 3.63) is 35.4 Å². The van der Waals surface area contributed by atoms with Gasteiger partial charge in [-0.2, -0.15) is 5.26 Å². The third kappa shape index (κ3) is 4.46. The van der Waals surface area contributed by atoms with Crippen molar-refractivity contribution in [1.82, 2.24) is 10.2 Å². The van der Waals surface area contributed by atoms with Gasteiger partial charge in [0, 0.05) is 13.1 Å². The summed E-state index contributed by atoms with van der Waals surface area (Å²) < 4.78 is 5.29. The van der Waals surface area contributed by atoms with Crippen LogP contribution in [0.1, 0.15) is 38.3 Å². The van der Waals surface area contributed by atoms with E-state index >= 15 is 0 Å². The summed E-state index contributed by atoms with van der Waals surface area (Å²) in [7, 11) is 0. The Morgan fingerprint density at radius 2 is 2.00 bits per heavy atom. The van der Waals surface area contributed by atoms with Gasteiger partial charge in [-0.3, -0.25) is 9.69 Å². The van der Waals surface area contributed by atoms with E-state index in [0.717, 1.165) is 5.56 Å². The first-order valence-electron chi connectivity index (χ1n) is 7.56. The number of ether oxygens (including phenoxy) is 1. The molecular formula is C17H21N3O3. The van der Waals surface area contributed by atoms with Gasteiger partial charge in [-0.05, 0) is 44.9 Å². The van der Waals surface area contributed by atoms with Crippen LogP contribution in [0.25, 0.3) is 0 Å². The molecule has 1 N–H and O–H groups in total. The number of rotatable bonds is 3. The van der Waals surface area contributed by atoms with Gasteiger partial charge in [0.25, 0.3) is 0 Å². The fourth-order valence-electron chi connectivity index (χ4n) is 2.20. The fourth-order valence-corrected chi connectivity index (χ4v) is 2.20. The van der Waals surface area contributed by atoms with Gasteiger partial charge >= 0.3 is 6.09 Å². The second-order valence-corrected chi connectivity index (χ2v) is 6.50. The van der Waals surface area contributed by atoms with Crippen LogP contribution in [-0.4, -0.2) is 35.1 Å². The molecule has 0 spiro atoms. The number of nitrogens with one attached hydrogen (secondary N) is 1. The molecule has 0 saturated carbocycles. The van der Waals surface area contributed by atoms with Crippen molar-refractivity contribution in [3.8, 4) is 6.07 Å². The molecule has 1 aliphatic rings. The highest BCUT2D eigenvalue weighted by molar-refractivity contribution is 5.87. The zero-order valence-electron chi connectivity index (χ0n) is 13.6. The van der Waals surface area contributed by atoms with Crippen LogP contribution in [0, 0.1) is 11.3 Å². The number of carbonyl (C=O) groups excluding carboxylic acids is 2. The van der Waals surface area contributed by atoms with Gasteiger partial charge in [-0.15, -0.1) is 0 Å². The SMILES string of the molecule is CC(C)(C)OC(=O)N1CCC1C(=O)NCc1ccc(C#N)cc1. The molecule has 23 heavy (non-hydrogen) atoms. The maximum absolute atomic E-state index is 12.2. The van der Waals surface area contributed by atoms with Crippen LogP contribution in [-0.2, 0) is 16.1 Å². The van der Waals surface area contributed by atoms with Crippen LogP contribution < -0.4 is 5.32 Å². The predicted molar refractivity (Wildman–Crippen MR) is 84.3 cm³/mol. The minimum absolute atomic E-state index is 0.188. The summed E-state index contributed by atoms with van der Waals surface area (Å²) in [5, 5.41) is 11.6. The topological polar surface area (TPSA) is 82.4 Å². The maximum atomic E-state index is 12.2. The Morgan fingerprint density at radius 3 is 2.48 bits per heavy atom. The minimum atomic E-state index is -0.573. The largest absolute Gasteiger partial charge is 0.444 e. The number of benzene rings is 1. The molecule has 1 unspecified atom stereocenters. The molecule has 1 atom stereocenters. The first kappa shape index (κ1) is 16.8. The first-order chi connectivity index (χ1) is 10.8. The highest BCUT2D eigenvalue weighted by Crippen LogP contribution is 2.21. The lowest BCUT2D eigenvalue weighted by molar-refractivity contribution is -0.130. The van der Waals surface area contributed by atoms with Gasteiger partial charge < -0.3 is 10.1 Å². The number of amides is 2. The van der Waals surface area contributed by atoms with E-state index in [2.05, 4.69) is 5.32 Å². The van der Waals surface area contributed by atoms with E-state index in [4.69, 9.17) is 10.00 Å². The molecule has 1 fully saturated rings. The third-order valence-corrected chi connectivity index (χ3v) is 3.50. The average molecular weight is 315 g/mol. The standard InChI is InChI=1S/C17H21N3O3/c1-17(2,3)23-16(22)20-9-8-14(20)15(21)19-11-13-6-4-12(10-18)5-7-13/h4-7,14H,8-9,11H2,1-3H3,(H,19,21). The van der Waals surface area contributed by atoms with Crippen LogP contribution >= 0.6 is 0 Å². The first-order valence-corrected chi connectivity index (χ1v) is 7.56. The smallest absolute Gasteiger partial charge is 0.410 e. The van der Waals surface area contributed by atoms with E-state index in [0.29, 0.717) is 25.1 Å². The molecule has 0 aliphatic carbocycles. The molecular weight excluding hydrogens is 294 g/mol. The second-order valence-electron chi connectivity index (χ2n) is 6.50. The predicted octanol–water partition coefficient (Wildman–Crippen LogP) is 2.18. The molecule has 1 aliphatic heterocycles. The van der Waals surface area contributed by atoms with Crippen LogP contribution in [0.2, 0.25) is 0 Å². The molecule has 1 saturated heterocycles. The molecule has 6 heteroatoms. The Labute approximate surface area is 136 Å². The van der Waals surface area contributed by atoms with Gasteiger partial charge in [0.1, 0.15) is 11.6 Å². The normalized spacial score (nSPS) is 17.0. The van der Waals surface area contributed by atoms with E-state index in [9.17, 15) is 9.59 Å². The lowest BCUT2D eigenvalue weighted by Gasteiger charge is -2.40. The highest BCUT2D eigenvalue weighted by Gasteiger charge is 2.39. The number of hydrogen-bond donors (Lipinski definition) is 1. The van der Waals surface area contributed by atoms with Gasteiger partial charge in [0.05, 0.1) is 11.6 Å². The Balaban J connectivity index is 1.86. The lowest BCUT2D eigenvalue weighted by atomic mass is 10.0. The van der Waals surface area contributed by atoms with E-state index in [1.807, 2.05) is 6.07 Å². The Morgan fingerprint density at radius 1 is 1.35 bits per heavy atom. The van der Waals surface area contributed by atoms with Crippen molar-refractivity contribution in [2.45, 2.75) is 45.4 Å². The maximum Gasteiger partial charge on any atom is 0.410 e. The second kappa shape index (κ2) is 6.69. The number of nitriles is 1. The van der Waals surface area contributed by atoms with Gasteiger partial charge in [0.2, 0.25) is 5.91 Å². The zero-order valence-corrected chi connectivity index (χ0v) is 13.6. The zero-order chi connectivity index (χ0) is 17.0. The van der Waals surface area contributed by atoms with E-state index in [1.165, 1.54) is 4.90 Å². The van der Waals surface area contributed by atoms with E-state index in [-0.39, 0.29) is 5.91 Å². The monoisotopic (exact) mass is 315 g/mol. The van der Waals surface area contributed by atoms with Crippen molar-refractivity contribution in [3.63, 3.8) is 0 Å². The van der Waals surface area contributed by atoms with Gasteiger partial charge in [-0.1, -0.05) is 12.1 Å². The van der Waals surface area contributed by atoms with Crippen LogP contribution in [0.3, 0.4) is 0 Å². The Hall–Kier alpha value is -2.55. The van der Waals surface area contributed by atoms with Crippen molar-refractivity contribution in [2.75, 3.05) is 6.54 Å². The van der Waals surface area contributed by atoms with Gasteiger partial charge in [-0.25, -0.2) is 4.79 Å². The Kier molecular flexibility index (Phi) is 4.89. The molecule has 1 aromatic carbocycles. The van der Waals surface area contributed by atoms with Crippen LogP contribution in [0.4, 0.5) is 4.79 Å². The van der Waals surface area contributed by atoms with E-state index < -0.39 is 17.7 Å². The highest BCUT2D eigenvalue weighted by atomic mass is 16.6. The summed E-state index contributed by atoms with van der Waals surface area (Å²) in [6.07, 6.45) is 0.181. The summed E-state index contributed by atoms with van der Waals surface area (Å²) in [5.74, 6) is -0.188. The van der Waals surface area contributed by atoms with Crippen LogP contribution in [0.15, 0.2) is 24.3 Å². The van der Waals surface area contributed by atoms with Gasteiger partial charge in [0.15, 0.2) is 0 Å². The summed E-state index contributed by atoms with van der Waals surface area (Å²) in [6, 6.07) is 8.58. The fraction of sp³-hybridized carbons (Fsp3) is 0.471. The molecule has 0 aromatic heterocycles. The Bertz CT molecular complexity index is 626. The molecule has 1 aromatic rings. The summed E-state index contributed by atoms with van der Waals surface area (Å²) in [6.45, 7) is 6.28. The molecule has 6 nitrogen and oxygen atoms in total. The van der Waals surface area contributed by atoms with Crippen molar-refractivity contribution >= 4 is 12.0 Å². The summed E-state index contributed by atoms with van der Waals surface area (Å²) in [5.41, 5.74) is 0.909. The summed E-state index contributed by atoms with van der Waals surface area (Å²) in [4.78, 5) is 25.6. The number of carbonyl (C=O) groups is 2. The molecule has 122 valence electrons. The molecule has 2 amide bonds. The van der Waals surface area contributed by atoms with E-state index in [1.54, 1.807) is 45.0 Å². The van der Waals surface area contributed by atoms with Crippen LogP contribution in [0.5, 0.6) is 0 Å². The molecule has 2 rings (SSSR count). The summed E-state index contributed by atoms with van der Waals surface area (Å²) >= 11 is 0. The third-order valence-electron chi connectivity index (χ3n) is 3.50.